The van der Waals surface area contributed by atoms with Crippen LogP contribution in [-0.4, -0.2) is 25.9 Å². The fraction of sp³-hybridized carbons (Fsp3) is 1.00. The van der Waals surface area contributed by atoms with Crippen molar-refractivity contribution in [3.8, 4) is 0 Å². The van der Waals surface area contributed by atoms with Gasteiger partial charge in [-0.2, -0.15) is 0 Å². The van der Waals surface area contributed by atoms with Crippen LogP contribution in [0.5, 0.6) is 0 Å². The molecule has 0 aliphatic carbocycles. The number of hydrogen-bond donors (Lipinski definition) is 1. The minimum absolute atomic E-state index is 0.497. The van der Waals surface area contributed by atoms with E-state index in [2.05, 4.69) is 20.8 Å². The van der Waals surface area contributed by atoms with Gasteiger partial charge in [-0.15, -0.1) is 0 Å². The van der Waals surface area contributed by atoms with E-state index in [1.54, 1.807) is 4.90 Å². The monoisotopic (exact) mass is 215 g/mol. The van der Waals surface area contributed by atoms with Crippen molar-refractivity contribution >= 4 is 7.25 Å². The molecule has 1 aliphatic rings. The zero-order chi connectivity index (χ0) is 11.4. The van der Waals surface area contributed by atoms with Crippen molar-refractivity contribution in [2.45, 2.75) is 39.2 Å². The van der Waals surface area contributed by atoms with Crippen LogP contribution >= 0.6 is 0 Å². The van der Waals surface area contributed by atoms with Crippen molar-refractivity contribution in [1.82, 2.24) is 0 Å². The topological polar surface area (TPSA) is 4.44 Å². The molecule has 1 saturated heterocycles. The average Bonchev–Trinajstić information content (AvgIpc) is 2.28. The van der Waals surface area contributed by atoms with Crippen molar-refractivity contribution in [3.63, 3.8) is 0 Å². The van der Waals surface area contributed by atoms with E-state index in [4.69, 9.17) is 0 Å². The Kier molecular flexibility index (Phi) is 4.91. The summed E-state index contributed by atoms with van der Waals surface area (Å²) in [7, 11) is -6.00. The summed E-state index contributed by atoms with van der Waals surface area (Å²) in [5.74, 6) is 0. The summed E-state index contributed by atoms with van der Waals surface area (Å²) in [4.78, 5) is 1.78. The summed E-state index contributed by atoms with van der Waals surface area (Å²) in [6, 6.07) is 0. The first-order chi connectivity index (χ1) is 6.11. The molecule has 1 rings (SSSR count). The molecule has 0 aromatic carbocycles. The molecule has 14 heavy (non-hydrogen) atoms. The van der Waals surface area contributed by atoms with E-state index >= 15 is 0 Å². The zero-order valence-corrected chi connectivity index (χ0v) is 8.92. The van der Waals surface area contributed by atoms with Crippen LogP contribution < -0.4 is 4.90 Å². The maximum Gasteiger partial charge on any atom is 0.673 e. The van der Waals surface area contributed by atoms with Gasteiger partial charge in [0.05, 0.1) is 18.6 Å². The standard InChI is InChI=1S/C8H17N.BF4/c1-8(2,3)9-6-4-5-7-9;2-1(3,4)5/h4-7H2,1-3H3;/q;-1/p+1. The third-order valence-corrected chi connectivity index (χ3v) is 2.27. The second-order valence-corrected chi connectivity index (χ2v) is 4.56. The Balaban J connectivity index is 0.000000292. The summed E-state index contributed by atoms with van der Waals surface area (Å²) >= 11 is 0. The van der Waals surface area contributed by atoms with Gasteiger partial charge in [0, 0.05) is 12.8 Å². The molecule has 0 amide bonds. The molecule has 1 nitrogen and oxygen atoms in total. The SMILES string of the molecule is CC(C)(C)[NH+]1CCCC1.F[B-](F)(F)F. The second-order valence-electron chi connectivity index (χ2n) is 4.56. The van der Waals surface area contributed by atoms with Crippen molar-refractivity contribution in [2.24, 2.45) is 0 Å². The molecule has 0 atom stereocenters. The molecular weight excluding hydrogens is 197 g/mol. The Bertz CT molecular complexity index is 152. The highest BCUT2D eigenvalue weighted by molar-refractivity contribution is 6.50. The molecule has 1 fully saturated rings. The maximum absolute atomic E-state index is 9.75. The lowest BCUT2D eigenvalue weighted by Crippen LogP contribution is -3.17. The number of halogens is 4. The predicted octanol–water partition coefficient (Wildman–Crippen LogP) is 1.76. The quantitative estimate of drug-likeness (QED) is 0.464. The van der Waals surface area contributed by atoms with E-state index in [9.17, 15) is 17.3 Å². The van der Waals surface area contributed by atoms with Crippen LogP contribution in [0.25, 0.3) is 0 Å². The number of rotatable bonds is 0. The van der Waals surface area contributed by atoms with Gasteiger partial charge in [0.25, 0.3) is 0 Å². The second kappa shape index (κ2) is 5.00. The normalized spacial score (nSPS) is 19.1. The molecular formula is C8H18BF4N. The fourth-order valence-corrected chi connectivity index (χ4v) is 1.55. The largest absolute Gasteiger partial charge is 0.673 e. The van der Waals surface area contributed by atoms with Gasteiger partial charge in [-0.05, 0) is 20.8 Å². The summed E-state index contributed by atoms with van der Waals surface area (Å²) in [6.45, 7) is 9.77. The molecule has 0 unspecified atom stereocenters. The van der Waals surface area contributed by atoms with Gasteiger partial charge in [0.1, 0.15) is 0 Å². The van der Waals surface area contributed by atoms with Gasteiger partial charge in [0.2, 0.25) is 0 Å². The van der Waals surface area contributed by atoms with Crippen molar-refractivity contribution in [1.29, 1.82) is 0 Å². The highest BCUT2D eigenvalue weighted by atomic mass is 19.5. The number of likely N-dealkylation sites (tertiary alicyclic amines) is 1. The summed E-state index contributed by atoms with van der Waals surface area (Å²) < 4.78 is 39.0. The van der Waals surface area contributed by atoms with Gasteiger partial charge < -0.3 is 22.2 Å². The minimum atomic E-state index is -6.00. The van der Waals surface area contributed by atoms with Crippen LogP contribution in [0.1, 0.15) is 33.6 Å². The Morgan fingerprint density at radius 1 is 0.929 bits per heavy atom. The van der Waals surface area contributed by atoms with Gasteiger partial charge in [-0.1, -0.05) is 0 Å². The lowest BCUT2D eigenvalue weighted by molar-refractivity contribution is -0.935. The van der Waals surface area contributed by atoms with E-state index < -0.39 is 7.25 Å². The van der Waals surface area contributed by atoms with Crippen LogP contribution in [0, 0.1) is 0 Å². The maximum atomic E-state index is 9.75. The average molecular weight is 215 g/mol. The predicted molar refractivity (Wildman–Crippen MR) is 49.9 cm³/mol. The third kappa shape index (κ3) is 8.35. The molecule has 0 radical (unpaired) electrons. The van der Waals surface area contributed by atoms with Crippen LogP contribution in [0.4, 0.5) is 17.3 Å². The van der Waals surface area contributed by atoms with Crippen molar-refractivity contribution in [2.75, 3.05) is 13.1 Å². The molecule has 1 N–H and O–H groups in total. The molecule has 6 heteroatoms. The summed E-state index contributed by atoms with van der Waals surface area (Å²) in [5.41, 5.74) is 0.497. The summed E-state index contributed by atoms with van der Waals surface area (Å²) in [5, 5.41) is 0. The van der Waals surface area contributed by atoms with Crippen molar-refractivity contribution < 1.29 is 22.2 Å². The first-order valence-corrected chi connectivity index (χ1v) is 4.83. The first kappa shape index (κ1) is 13.7. The lowest BCUT2D eigenvalue weighted by Gasteiger charge is -2.27. The molecule has 0 bridgehead atoms. The van der Waals surface area contributed by atoms with E-state index in [0.29, 0.717) is 5.54 Å². The lowest BCUT2D eigenvalue weighted by atomic mass is 10.1. The number of quaternary nitrogens is 1. The van der Waals surface area contributed by atoms with E-state index in [1.165, 1.54) is 25.9 Å². The number of hydrogen-bond acceptors (Lipinski definition) is 0. The smallest absolute Gasteiger partial charge is 0.418 e. The third-order valence-electron chi connectivity index (χ3n) is 2.27. The molecule has 0 spiro atoms. The molecule has 0 saturated carbocycles. The van der Waals surface area contributed by atoms with Crippen LogP contribution in [0.2, 0.25) is 0 Å². The molecule has 1 heterocycles. The Labute approximate surface area is 82.6 Å². The van der Waals surface area contributed by atoms with Gasteiger partial charge >= 0.3 is 7.25 Å². The van der Waals surface area contributed by atoms with Gasteiger partial charge in [-0.3, -0.25) is 0 Å². The van der Waals surface area contributed by atoms with Crippen molar-refractivity contribution in [3.05, 3.63) is 0 Å². The Morgan fingerprint density at radius 2 is 1.21 bits per heavy atom. The van der Waals surface area contributed by atoms with Crippen LogP contribution in [0.15, 0.2) is 0 Å². The van der Waals surface area contributed by atoms with Gasteiger partial charge in [-0.25, -0.2) is 0 Å². The van der Waals surface area contributed by atoms with E-state index in [-0.39, 0.29) is 0 Å². The Morgan fingerprint density at radius 3 is 1.36 bits per heavy atom. The van der Waals surface area contributed by atoms with Gasteiger partial charge in [0.15, 0.2) is 0 Å². The highest BCUT2D eigenvalue weighted by Gasteiger charge is 2.27. The van der Waals surface area contributed by atoms with Crippen LogP contribution in [0.3, 0.4) is 0 Å². The van der Waals surface area contributed by atoms with Crippen LogP contribution in [-0.2, 0) is 0 Å². The molecule has 0 aromatic rings. The highest BCUT2D eigenvalue weighted by Crippen LogP contribution is 2.06. The minimum Gasteiger partial charge on any atom is -0.418 e. The summed E-state index contributed by atoms with van der Waals surface area (Å²) in [6.07, 6.45) is 2.87. The first-order valence-electron chi connectivity index (χ1n) is 4.83. The fourth-order valence-electron chi connectivity index (χ4n) is 1.55. The van der Waals surface area contributed by atoms with E-state index in [1.807, 2.05) is 0 Å². The number of nitrogens with one attached hydrogen (secondary N) is 1. The molecule has 0 aromatic heterocycles. The van der Waals surface area contributed by atoms with E-state index in [0.717, 1.165) is 0 Å². The molecule has 1 aliphatic heterocycles. The Hall–Kier alpha value is -0.255. The molecule has 86 valence electrons. The zero-order valence-electron chi connectivity index (χ0n) is 8.92.